The highest BCUT2D eigenvalue weighted by atomic mass is 16.5. The van der Waals surface area contributed by atoms with E-state index in [9.17, 15) is 4.79 Å². The summed E-state index contributed by atoms with van der Waals surface area (Å²) >= 11 is 0. The highest BCUT2D eigenvalue weighted by Crippen LogP contribution is 2.08. The quantitative estimate of drug-likeness (QED) is 0.620. The molecule has 0 aromatic carbocycles. The minimum absolute atomic E-state index is 0.0551. The maximum Gasteiger partial charge on any atom is 0.358 e. The number of aliphatic hydroxyl groups is 2. The van der Waals surface area contributed by atoms with Crippen LogP contribution in [0.5, 0.6) is 0 Å². The molecule has 0 spiro atoms. The molecule has 0 amide bonds. The van der Waals surface area contributed by atoms with Crippen molar-refractivity contribution >= 4 is 11.8 Å². The number of hydrogen-bond donors (Lipinski definition) is 2. The maximum absolute atomic E-state index is 11.1. The van der Waals surface area contributed by atoms with Gasteiger partial charge in [0.05, 0.1) is 32.7 Å². The first-order valence-corrected chi connectivity index (χ1v) is 5.10. The van der Waals surface area contributed by atoms with Gasteiger partial charge >= 0.3 is 5.97 Å². The minimum atomic E-state index is -0.556. The zero-order chi connectivity index (χ0) is 12.7. The third kappa shape index (κ3) is 3.65. The average Bonchev–Trinajstić information content (AvgIpc) is 2.38. The van der Waals surface area contributed by atoms with Crippen LogP contribution in [0.25, 0.3) is 0 Å². The molecule has 0 radical (unpaired) electrons. The Kier molecular flexibility index (Phi) is 5.31. The fraction of sp³-hybridized carbons (Fsp3) is 0.500. The van der Waals surface area contributed by atoms with Crippen molar-refractivity contribution in [2.75, 3.05) is 38.3 Å². The Morgan fingerprint density at radius 1 is 1.29 bits per heavy atom. The van der Waals surface area contributed by atoms with E-state index in [4.69, 9.17) is 10.2 Å². The number of carbonyl (C=O) groups excluding carboxylic acids is 1. The standard InChI is InChI=1S/C10H15N3O4/c1-17-10(16)8-6-12-9(7-11-8)13(2-4-14)3-5-15/h6-7,14-15H,2-5H2,1H3. The number of anilines is 1. The molecule has 94 valence electrons. The van der Waals surface area contributed by atoms with Crippen molar-refractivity contribution in [2.45, 2.75) is 0 Å². The van der Waals surface area contributed by atoms with E-state index in [1.807, 2.05) is 0 Å². The molecule has 1 heterocycles. The molecule has 0 aliphatic carbocycles. The zero-order valence-electron chi connectivity index (χ0n) is 9.54. The summed E-state index contributed by atoms with van der Waals surface area (Å²) in [7, 11) is 1.27. The number of esters is 1. The van der Waals surface area contributed by atoms with Crippen LogP contribution in [-0.4, -0.2) is 59.6 Å². The fourth-order valence-electron chi connectivity index (χ4n) is 1.28. The number of ether oxygens (including phenoxy) is 1. The van der Waals surface area contributed by atoms with Crippen molar-refractivity contribution in [1.82, 2.24) is 9.97 Å². The molecule has 1 aromatic rings. The molecular weight excluding hydrogens is 226 g/mol. The summed E-state index contributed by atoms with van der Waals surface area (Å²) in [6.07, 6.45) is 2.69. The van der Waals surface area contributed by atoms with Gasteiger partial charge in [-0.1, -0.05) is 0 Å². The fourth-order valence-corrected chi connectivity index (χ4v) is 1.28. The van der Waals surface area contributed by atoms with Gasteiger partial charge in [0, 0.05) is 13.1 Å². The van der Waals surface area contributed by atoms with E-state index < -0.39 is 5.97 Å². The Hall–Kier alpha value is -1.73. The van der Waals surface area contributed by atoms with E-state index in [0.717, 1.165) is 0 Å². The number of hydrogen-bond acceptors (Lipinski definition) is 7. The minimum Gasteiger partial charge on any atom is -0.464 e. The number of aliphatic hydroxyl groups excluding tert-OH is 2. The molecule has 7 nitrogen and oxygen atoms in total. The van der Waals surface area contributed by atoms with Gasteiger partial charge in [-0.25, -0.2) is 14.8 Å². The molecule has 0 saturated carbocycles. The van der Waals surface area contributed by atoms with Crippen LogP contribution in [0.15, 0.2) is 12.4 Å². The van der Waals surface area contributed by atoms with Crippen LogP contribution in [0.4, 0.5) is 5.82 Å². The summed E-state index contributed by atoms with van der Waals surface area (Å²) in [6.45, 7) is 0.570. The first kappa shape index (κ1) is 13.3. The first-order chi connectivity index (χ1) is 8.22. The van der Waals surface area contributed by atoms with Gasteiger partial charge in [-0.2, -0.15) is 0 Å². The van der Waals surface area contributed by atoms with Crippen molar-refractivity contribution < 1.29 is 19.7 Å². The van der Waals surface area contributed by atoms with Gasteiger partial charge < -0.3 is 19.8 Å². The lowest BCUT2D eigenvalue weighted by Crippen LogP contribution is -2.30. The summed E-state index contributed by atoms with van der Waals surface area (Å²) in [5, 5.41) is 17.7. The lowest BCUT2D eigenvalue weighted by Gasteiger charge is -2.20. The largest absolute Gasteiger partial charge is 0.464 e. The van der Waals surface area contributed by atoms with Crippen LogP contribution in [0.2, 0.25) is 0 Å². The van der Waals surface area contributed by atoms with E-state index in [1.165, 1.54) is 19.5 Å². The Morgan fingerprint density at radius 3 is 2.35 bits per heavy atom. The lowest BCUT2D eigenvalue weighted by molar-refractivity contribution is 0.0593. The molecule has 0 saturated heterocycles. The normalized spacial score (nSPS) is 10.1. The molecule has 0 unspecified atom stereocenters. The van der Waals surface area contributed by atoms with Crippen molar-refractivity contribution in [3.8, 4) is 0 Å². The summed E-state index contributed by atoms with van der Waals surface area (Å²) < 4.78 is 4.50. The smallest absolute Gasteiger partial charge is 0.358 e. The molecule has 0 bridgehead atoms. The molecular formula is C10H15N3O4. The van der Waals surface area contributed by atoms with Crippen LogP contribution in [0.3, 0.4) is 0 Å². The van der Waals surface area contributed by atoms with Gasteiger partial charge in [0.1, 0.15) is 5.82 Å². The van der Waals surface area contributed by atoms with Gasteiger partial charge in [-0.05, 0) is 0 Å². The predicted octanol–water partition coefficient (Wildman–Crippen LogP) is -0.946. The van der Waals surface area contributed by atoms with E-state index in [1.54, 1.807) is 4.90 Å². The van der Waals surface area contributed by atoms with Crippen molar-refractivity contribution in [1.29, 1.82) is 0 Å². The number of methoxy groups -OCH3 is 1. The Labute approximate surface area is 98.7 Å². The van der Waals surface area contributed by atoms with Crippen molar-refractivity contribution in [3.05, 3.63) is 18.1 Å². The van der Waals surface area contributed by atoms with Crippen LogP contribution < -0.4 is 4.90 Å². The van der Waals surface area contributed by atoms with Gasteiger partial charge in [-0.15, -0.1) is 0 Å². The molecule has 0 atom stereocenters. The zero-order valence-corrected chi connectivity index (χ0v) is 9.54. The van der Waals surface area contributed by atoms with Crippen LogP contribution in [-0.2, 0) is 4.74 Å². The summed E-state index contributed by atoms with van der Waals surface area (Å²) in [6, 6.07) is 0. The molecule has 1 rings (SSSR count). The lowest BCUT2D eigenvalue weighted by atomic mass is 10.4. The summed E-state index contributed by atoms with van der Waals surface area (Å²) in [5.41, 5.74) is 0.115. The third-order valence-corrected chi connectivity index (χ3v) is 2.10. The molecule has 0 aliphatic heterocycles. The Balaban J connectivity index is 2.80. The van der Waals surface area contributed by atoms with E-state index >= 15 is 0 Å². The number of rotatable bonds is 6. The van der Waals surface area contributed by atoms with Crippen molar-refractivity contribution in [3.63, 3.8) is 0 Å². The van der Waals surface area contributed by atoms with Crippen LogP contribution in [0, 0.1) is 0 Å². The monoisotopic (exact) mass is 241 g/mol. The molecule has 7 heteroatoms. The maximum atomic E-state index is 11.1. The van der Waals surface area contributed by atoms with E-state index in [0.29, 0.717) is 18.9 Å². The molecule has 17 heavy (non-hydrogen) atoms. The second-order valence-corrected chi connectivity index (χ2v) is 3.19. The van der Waals surface area contributed by atoms with Crippen LogP contribution >= 0.6 is 0 Å². The van der Waals surface area contributed by atoms with E-state index in [2.05, 4.69) is 14.7 Å². The first-order valence-electron chi connectivity index (χ1n) is 5.10. The SMILES string of the molecule is COC(=O)c1cnc(N(CCO)CCO)cn1. The Bertz CT molecular complexity index is 349. The number of aromatic nitrogens is 2. The second kappa shape index (κ2) is 6.77. The van der Waals surface area contributed by atoms with Crippen molar-refractivity contribution in [2.24, 2.45) is 0 Å². The van der Waals surface area contributed by atoms with Gasteiger partial charge in [0.25, 0.3) is 0 Å². The highest BCUT2D eigenvalue weighted by molar-refractivity contribution is 5.86. The predicted molar refractivity (Wildman–Crippen MR) is 59.8 cm³/mol. The van der Waals surface area contributed by atoms with E-state index in [-0.39, 0.29) is 18.9 Å². The van der Waals surface area contributed by atoms with Gasteiger partial charge in [-0.3, -0.25) is 0 Å². The number of carbonyl (C=O) groups is 1. The van der Waals surface area contributed by atoms with Gasteiger partial charge in [0.15, 0.2) is 5.69 Å². The van der Waals surface area contributed by atoms with Gasteiger partial charge in [0.2, 0.25) is 0 Å². The molecule has 2 N–H and O–H groups in total. The van der Waals surface area contributed by atoms with Crippen LogP contribution in [0.1, 0.15) is 10.5 Å². The second-order valence-electron chi connectivity index (χ2n) is 3.19. The molecule has 0 fully saturated rings. The Morgan fingerprint density at radius 2 is 1.94 bits per heavy atom. The number of nitrogens with zero attached hydrogens (tertiary/aromatic N) is 3. The third-order valence-electron chi connectivity index (χ3n) is 2.10. The highest BCUT2D eigenvalue weighted by Gasteiger charge is 2.11. The molecule has 1 aromatic heterocycles. The average molecular weight is 241 g/mol. The molecule has 0 aliphatic rings. The summed E-state index contributed by atoms with van der Waals surface area (Å²) in [5.74, 6) is -0.0688. The summed E-state index contributed by atoms with van der Waals surface area (Å²) in [4.78, 5) is 20.7. The topological polar surface area (TPSA) is 95.8 Å².